The predicted molar refractivity (Wildman–Crippen MR) is 163 cm³/mol. The van der Waals surface area contributed by atoms with E-state index in [2.05, 4.69) is 10.6 Å². The molecule has 1 unspecified atom stereocenters. The van der Waals surface area contributed by atoms with E-state index in [0.717, 1.165) is 46.6 Å². The molecule has 3 aromatic carbocycles. The molecule has 5 rings (SSSR count). The Morgan fingerprint density at radius 3 is 2.44 bits per heavy atom. The van der Waals surface area contributed by atoms with Crippen molar-refractivity contribution in [3.63, 3.8) is 0 Å². The number of methoxy groups -OCH3 is 2. The Labute approximate surface area is 247 Å². The van der Waals surface area contributed by atoms with Crippen molar-refractivity contribution in [1.82, 2.24) is 0 Å². The number of thiophene rings is 1. The molecular formula is C32H30N2O5S2. The van der Waals surface area contributed by atoms with Crippen LogP contribution in [-0.2, 0) is 22.4 Å². The van der Waals surface area contributed by atoms with Crippen LogP contribution in [0.5, 0.6) is 5.75 Å². The number of benzene rings is 3. The summed E-state index contributed by atoms with van der Waals surface area (Å²) in [6.45, 7) is 0. The van der Waals surface area contributed by atoms with Crippen LogP contribution in [0, 0.1) is 0 Å². The topological polar surface area (TPSA) is 93.7 Å². The molecule has 2 amide bonds. The Hall–Kier alpha value is -4.08. The molecular weight excluding hydrogens is 556 g/mol. The van der Waals surface area contributed by atoms with Gasteiger partial charge in [0.1, 0.15) is 16.0 Å². The minimum Gasteiger partial charge on any atom is -0.497 e. The minimum absolute atomic E-state index is 0.240. The number of amides is 2. The second kappa shape index (κ2) is 13.1. The lowest BCUT2D eigenvalue weighted by Crippen LogP contribution is -2.20. The molecule has 0 spiro atoms. The van der Waals surface area contributed by atoms with Gasteiger partial charge >= 0.3 is 5.97 Å². The van der Waals surface area contributed by atoms with Gasteiger partial charge in [-0.15, -0.1) is 23.1 Å². The molecule has 0 radical (unpaired) electrons. The summed E-state index contributed by atoms with van der Waals surface area (Å²) in [4.78, 5) is 41.4. The Morgan fingerprint density at radius 1 is 0.878 bits per heavy atom. The molecule has 0 bridgehead atoms. The summed E-state index contributed by atoms with van der Waals surface area (Å²) in [6, 6.07) is 23.8. The van der Waals surface area contributed by atoms with Crippen molar-refractivity contribution in [2.24, 2.45) is 0 Å². The van der Waals surface area contributed by atoms with Crippen LogP contribution in [-0.4, -0.2) is 32.0 Å². The standard InChI is InChI=1S/C32H30N2O5S2/c1-38-23-14-8-12-21(18-23)29(35)33-22-13-9-15-24(19-22)40-28(20-10-4-3-5-11-20)30(36)34-31-27(32(37)39-2)25-16-6-7-17-26(25)41-31/h3-5,8-15,18-19,28H,6-7,16-17H2,1-2H3,(H,33,35)(H,34,36). The number of hydrogen-bond donors (Lipinski definition) is 2. The molecule has 41 heavy (non-hydrogen) atoms. The molecule has 0 fully saturated rings. The molecule has 4 aromatic rings. The third-order valence-electron chi connectivity index (χ3n) is 6.82. The fourth-order valence-electron chi connectivity index (χ4n) is 4.80. The Bertz CT molecular complexity index is 1570. The van der Waals surface area contributed by atoms with Gasteiger partial charge in [-0.25, -0.2) is 4.79 Å². The van der Waals surface area contributed by atoms with Crippen molar-refractivity contribution in [3.05, 3.63) is 106 Å². The van der Waals surface area contributed by atoms with Gasteiger partial charge in [0.05, 0.1) is 19.8 Å². The van der Waals surface area contributed by atoms with Crippen molar-refractivity contribution >= 4 is 51.6 Å². The first-order valence-corrected chi connectivity index (χ1v) is 15.0. The average molecular weight is 587 g/mol. The van der Waals surface area contributed by atoms with E-state index in [1.165, 1.54) is 30.2 Å². The highest BCUT2D eigenvalue weighted by Crippen LogP contribution is 2.41. The summed E-state index contributed by atoms with van der Waals surface area (Å²) in [5.41, 5.74) is 3.37. The lowest BCUT2D eigenvalue weighted by Gasteiger charge is -2.18. The van der Waals surface area contributed by atoms with E-state index in [1.807, 2.05) is 48.5 Å². The van der Waals surface area contributed by atoms with E-state index in [0.29, 0.717) is 27.6 Å². The number of esters is 1. The lowest BCUT2D eigenvalue weighted by molar-refractivity contribution is -0.115. The maximum atomic E-state index is 13.8. The number of nitrogens with one attached hydrogen (secondary N) is 2. The summed E-state index contributed by atoms with van der Waals surface area (Å²) in [6.07, 6.45) is 3.77. The smallest absolute Gasteiger partial charge is 0.341 e. The number of aryl methyl sites for hydroxylation is 1. The molecule has 2 N–H and O–H groups in total. The van der Waals surface area contributed by atoms with Crippen LogP contribution < -0.4 is 15.4 Å². The Morgan fingerprint density at radius 2 is 1.66 bits per heavy atom. The second-order valence-corrected chi connectivity index (χ2v) is 11.8. The first kappa shape index (κ1) is 28.4. The zero-order valence-corrected chi connectivity index (χ0v) is 24.4. The van der Waals surface area contributed by atoms with Crippen LogP contribution in [0.4, 0.5) is 10.7 Å². The van der Waals surface area contributed by atoms with Gasteiger partial charge in [0.2, 0.25) is 5.91 Å². The normalized spacial score (nSPS) is 13.0. The monoisotopic (exact) mass is 586 g/mol. The quantitative estimate of drug-likeness (QED) is 0.160. The number of ether oxygens (including phenoxy) is 2. The van der Waals surface area contributed by atoms with Crippen molar-refractivity contribution in [3.8, 4) is 5.75 Å². The fraction of sp³-hybridized carbons (Fsp3) is 0.219. The molecule has 1 atom stereocenters. The van der Waals surface area contributed by atoms with Gasteiger partial charge in [-0.2, -0.15) is 0 Å². The van der Waals surface area contributed by atoms with E-state index in [1.54, 1.807) is 37.4 Å². The van der Waals surface area contributed by atoms with Gasteiger partial charge in [0.15, 0.2) is 0 Å². The van der Waals surface area contributed by atoms with Crippen LogP contribution in [0.2, 0.25) is 0 Å². The second-order valence-electron chi connectivity index (χ2n) is 9.52. The highest BCUT2D eigenvalue weighted by atomic mass is 32.2. The van der Waals surface area contributed by atoms with Gasteiger partial charge in [0, 0.05) is 21.0 Å². The first-order valence-electron chi connectivity index (χ1n) is 13.3. The average Bonchev–Trinajstić information content (AvgIpc) is 3.37. The molecule has 0 aliphatic heterocycles. The minimum atomic E-state index is -0.606. The van der Waals surface area contributed by atoms with Crippen LogP contribution in [0.1, 0.15) is 54.8 Å². The number of anilines is 2. The largest absolute Gasteiger partial charge is 0.497 e. The van der Waals surface area contributed by atoms with Crippen molar-refractivity contribution in [2.45, 2.75) is 35.8 Å². The van der Waals surface area contributed by atoms with Crippen LogP contribution in [0.3, 0.4) is 0 Å². The summed E-state index contributed by atoms with van der Waals surface area (Å²) < 4.78 is 10.3. The van der Waals surface area contributed by atoms with Crippen LogP contribution >= 0.6 is 23.1 Å². The summed E-state index contributed by atoms with van der Waals surface area (Å²) >= 11 is 2.84. The third-order valence-corrected chi connectivity index (χ3v) is 9.27. The zero-order chi connectivity index (χ0) is 28.8. The van der Waals surface area contributed by atoms with Gasteiger partial charge in [0.25, 0.3) is 5.91 Å². The van der Waals surface area contributed by atoms with Crippen molar-refractivity contribution in [2.75, 3.05) is 24.9 Å². The molecule has 9 heteroatoms. The Kier molecular flexibility index (Phi) is 9.06. The summed E-state index contributed by atoms with van der Waals surface area (Å²) in [5.74, 6) is -0.333. The molecule has 210 valence electrons. The van der Waals surface area contributed by atoms with Crippen molar-refractivity contribution in [1.29, 1.82) is 0 Å². The molecule has 1 aromatic heterocycles. The van der Waals surface area contributed by atoms with Crippen LogP contribution in [0.15, 0.2) is 83.8 Å². The SMILES string of the molecule is COC(=O)c1c(NC(=O)C(Sc2cccc(NC(=O)c3cccc(OC)c3)c2)c2ccccc2)sc2c1CCCC2. The van der Waals surface area contributed by atoms with Crippen LogP contribution in [0.25, 0.3) is 0 Å². The molecule has 7 nitrogen and oxygen atoms in total. The molecule has 1 aliphatic carbocycles. The highest BCUT2D eigenvalue weighted by Gasteiger charge is 2.29. The van der Waals surface area contributed by atoms with Gasteiger partial charge in [-0.1, -0.05) is 42.5 Å². The predicted octanol–water partition coefficient (Wildman–Crippen LogP) is 7.15. The molecule has 0 saturated carbocycles. The van der Waals surface area contributed by atoms with E-state index < -0.39 is 11.2 Å². The number of carbonyl (C=O) groups excluding carboxylic acids is 3. The fourth-order valence-corrected chi connectivity index (χ4v) is 7.16. The molecule has 1 aliphatic rings. The zero-order valence-electron chi connectivity index (χ0n) is 22.8. The molecule has 0 saturated heterocycles. The maximum absolute atomic E-state index is 13.8. The van der Waals surface area contributed by atoms with Crippen molar-refractivity contribution < 1.29 is 23.9 Å². The number of thioether (sulfide) groups is 1. The van der Waals surface area contributed by atoms with E-state index in [-0.39, 0.29) is 11.8 Å². The number of rotatable bonds is 9. The number of fused-ring (bicyclic) bond motifs is 1. The first-order chi connectivity index (χ1) is 20.0. The highest BCUT2D eigenvalue weighted by molar-refractivity contribution is 8.00. The lowest BCUT2D eigenvalue weighted by atomic mass is 9.95. The summed E-state index contributed by atoms with van der Waals surface area (Å²) in [7, 11) is 2.92. The summed E-state index contributed by atoms with van der Waals surface area (Å²) in [5, 5.41) is 5.92. The van der Waals surface area contributed by atoms with Gasteiger partial charge in [-0.3, -0.25) is 9.59 Å². The maximum Gasteiger partial charge on any atom is 0.341 e. The Balaban J connectivity index is 1.39. The van der Waals surface area contributed by atoms with E-state index in [9.17, 15) is 14.4 Å². The van der Waals surface area contributed by atoms with E-state index in [4.69, 9.17) is 9.47 Å². The van der Waals surface area contributed by atoms with Gasteiger partial charge in [-0.05, 0) is 73.2 Å². The molecule has 1 heterocycles. The van der Waals surface area contributed by atoms with Gasteiger partial charge < -0.3 is 20.1 Å². The number of hydrogen-bond acceptors (Lipinski definition) is 7. The van der Waals surface area contributed by atoms with E-state index >= 15 is 0 Å². The third kappa shape index (κ3) is 6.64. The number of carbonyl (C=O) groups is 3.